The number of aliphatic hydroxyl groups is 8. The van der Waals surface area contributed by atoms with E-state index in [2.05, 4.69) is 10.6 Å². The SMILES string of the molecule is CC(=O)N[C@H]1[C@@H](O[C@@H]2[C@H](O[C@@H]3O[C@H](CO)[C@@H](O)[C@H](O)[C@H]3NC(C)=O)[C@@H](O)[C@H](C)O[C@H]2O)O[C@H](CO)[C@H](O)[C@@H]1O. The van der Waals surface area contributed by atoms with Gasteiger partial charge in [0.25, 0.3) is 0 Å². The normalized spacial score (nSPS) is 46.9. The summed E-state index contributed by atoms with van der Waals surface area (Å²) in [6, 6.07) is -2.80. The minimum Gasteiger partial charge on any atom is -0.394 e. The molecular formula is C22H38N2O15. The van der Waals surface area contributed by atoms with Gasteiger partial charge in [-0.05, 0) is 6.92 Å². The molecule has 0 aliphatic carbocycles. The first-order chi connectivity index (χ1) is 18.3. The molecule has 0 spiro atoms. The summed E-state index contributed by atoms with van der Waals surface area (Å²) in [6.07, 6.45) is -20.1. The van der Waals surface area contributed by atoms with E-state index in [-0.39, 0.29) is 0 Å². The standard InChI is InChI=1S/C22H38N2O15/c1-6-13(29)18(38-21-11(23-7(2)27)16(32)14(30)9(4-25)36-21)19(20(34)35-6)39-22-12(24-8(3)28)17(33)15(31)10(5-26)37-22/h6,9-22,25-26,29-34H,4-5H2,1-3H3,(H,23,27)(H,24,28)/t6-,9+,10+,11+,12+,13-,14+,15-,16+,17+,18+,19+,20+,21-,22+/m0/s1. The van der Waals surface area contributed by atoms with Crippen LogP contribution < -0.4 is 10.6 Å². The first kappa shape index (κ1) is 31.9. The lowest BCUT2D eigenvalue weighted by Gasteiger charge is -2.49. The summed E-state index contributed by atoms with van der Waals surface area (Å²) in [5, 5.41) is 87.1. The monoisotopic (exact) mass is 570 g/mol. The van der Waals surface area contributed by atoms with Gasteiger partial charge in [0, 0.05) is 13.8 Å². The Morgan fingerprint density at radius 3 is 1.46 bits per heavy atom. The molecular weight excluding hydrogens is 532 g/mol. The van der Waals surface area contributed by atoms with Crippen LogP contribution in [0, 0.1) is 0 Å². The Morgan fingerprint density at radius 1 is 0.667 bits per heavy atom. The van der Waals surface area contributed by atoms with Crippen LogP contribution in [-0.2, 0) is 33.3 Å². The van der Waals surface area contributed by atoms with Gasteiger partial charge in [0.05, 0.1) is 19.3 Å². The molecule has 10 N–H and O–H groups in total. The largest absolute Gasteiger partial charge is 0.394 e. The number of nitrogens with one attached hydrogen (secondary N) is 2. The third kappa shape index (κ3) is 7.02. The molecule has 3 aliphatic heterocycles. The number of carbonyl (C=O) groups excluding carboxylic acids is 2. The minimum atomic E-state index is -1.81. The Kier molecular flexibility index (Phi) is 11.0. The van der Waals surface area contributed by atoms with E-state index < -0.39 is 117 Å². The zero-order valence-corrected chi connectivity index (χ0v) is 21.5. The summed E-state index contributed by atoms with van der Waals surface area (Å²) in [7, 11) is 0. The highest BCUT2D eigenvalue weighted by atomic mass is 16.8. The van der Waals surface area contributed by atoms with Gasteiger partial charge >= 0.3 is 0 Å². The average molecular weight is 571 g/mol. The van der Waals surface area contributed by atoms with E-state index in [9.17, 15) is 50.4 Å². The first-order valence-electron chi connectivity index (χ1n) is 12.4. The van der Waals surface area contributed by atoms with E-state index in [1.54, 1.807) is 0 Å². The fraction of sp³-hybridized carbons (Fsp3) is 0.909. The van der Waals surface area contributed by atoms with Crippen molar-refractivity contribution in [2.75, 3.05) is 13.2 Å². The van der Waals surface area contributed by atoms with Crippen molar-refractivity contribution in [1.29, 1.82) is 0 Å². The molecule has 3 rings (SSSR count). The Bertz CT molecular complexity index is 837. The van der Waals surface area contributed by atoms with Gasteiger partial charge in [-0.25, -0.2) is 0 Å². The van der Waals surface area contributed by atoms with Crippen LogP contribution in [0.15, 0.2) is 0 Å². The smallest absolute Gasteiger partial charge is 0.217 e. The maximum atomic E-state index is 11.8. The molecule has 0 aromatic carbocycles. The second kappa shape index (κ2) is 13.4. The Morgan fingerprint density at radius 2 is 1.08 bits per heavy atom. The summed E-state index contributed by atoms with van der Waals surface area (Å²) in [5.74, 6) is -1.26. The van der Waals surface area contributed by atoms with Crippen molar-refractivity contribution in [3.63, 3.8) is 0 Å². The average Bonchev–Trinajstić information content (AvgIpc) is 2.87. The van der Waals surface area contributed by atoms with Crippen LogP contribution in [0.3, 0.4) is 0 Å². The first-order valence-corrected chi connectivity index (χ1v) is 12.4. The van der Waals surface area contributed by atoms with Gasteiger partial charge in [-0.1, -0.05) is 0 Å². The van der Waals surface area contributed by atoms with Crippen molar-refractivity contribution in [2.24, 2.45) is 0 Å². The zero-order valence-electron chi connectivity index (χ0n) is 21.5. The topological polar surface area (TPSA) is 266 Å². The Balaban J connectivity index is 1.91. The van der Waals surface area contributed by atoms with E-state index in [1.807, 2.05) is 0 Å². The fourth-order valence-corrected chi connectivity index (χ4v) is 4.79. The van der Waals surface area contributed by atoms with E-state index >= 15 is 0 Å². The molecule has 17 nitrogen and oxygen atoms in total. The van der Waals surface area contributed by atoms with E-state index in [0.717, 1.165) is 13.8 Å². The molecule has 226 valence electrons. The number of hydrogen-bond donors (Lipinski definition) is 10. The maximum Gasteiger partial charge on any atom is 0.217 e. The summed E-state index contributed by atoms with van der Waals surface area (Å²) in [4.78, 5) is 23.5. The van der Waals surface area contributed by atoms with Gasteiger partial charge in [0.1, 0.15) is 67.0 Å². The van der Waals surface area contributed by atoms with E-state index in [0.29, 0.717) is 0 Å². The predicted molar refractivity (Wildman–Crippen MR) is 123 cm³/mol. The second-order valence-corrected chi connectivity index (χ2v) is 9.79. The van der Waals surface area contributed by atoms with E-state index in [4.69, 9.17) is 23.7 Å². The zero-order chi connectivity index (χ0) is 29.2. The highest BCUT2D eigenvalue weighted by molar-refractivity contribution is 5.73. The van der Waals surface area contributed by atoms with Crippen molar-refractivity contribution in [3.05, 3.63) is 0 Å². The molecule has 0 aromatic rings. The van der Waals surface area contributed by atoms with Crippen molar-refractivity contribution in [1.82, 2.24) is 10.6 Å². The number of hydrogen-bond acceptors (Lipinski definition) is 15. The van der Waals surface area contributed by atoms with Crippen molar-refractivity contribution < 1.29 is 74.1 Å². The molecule has 3 heterocycles. The minimum absolute atomic E-state index is 0.629. The van der Waals surface area contributed by atoms with Crippen LogP contribution in [0.5, 0.6) is 0 Å². The molecule has 0 saturated carbocycles. The molecule has 0 bridgehead atoms. The van der Waals surface area contributed by atoms with Crippen LogP contribution in [-0.4, -0.2) is 158 Å². The van der Waals surface area contributed by atoms with Crippen molar-refractivity contribution in [2.45, 2.75) is 113 Å². The number of aliphatic hydroxyl groups excluding tert-OH is 8. The third-order valence-electron chi connectivity index (χ3n) is 6.86. The summed E-state index contributed by atoms with van der Waals surface area (Å²) in [6.45, 7) is 2.18. The highest BCUT2D eigenvalue weighted by Gasteiger charge is 2.53. The lowest BCUT2D eigenvalue weighted by Crippen LogP contribution is -2.69. The van der Waals surface area contributed by atoms with Gasteiger partial charge in [0.15, 0.2) is 18.9 Å². The molecule has 17 heteroatoms. The van der Waals surface area contributed by atoms with Crippen LogP contribution in [0.2, 0.25) is 0 Å². The molecule has 39 heavy (non-hydrogen) atoms. The molecule has 0 aromatic heterocycles. The maximum absolute atomic E-state index is 11.8. The summed E-state index contributed by atoms with van der Waals surface area (Å²) < 4.78 is 28.1. The lowest BCUT2D eigenvalue weighted by atomic mass is 9.95. The number of rotatable bonds is 8. The lowest BCUT2D eigenvalue weighted by molar-refractivity contribution is -0.371. The van der Waals surface area contributed by atoms with Crippen LogP contribution in [0.25, 0.3) is 0 Å². The summed E-state index contributed by atoms with van der Waals surface area (Å²) >= 11 is 0. The quantitative estimate of drug-likeness (QED) is 0.130. The molecule has 0 unspecified atom stereocenters. The summed E-state index contributed by atoms with van der Waals surface area (Å²) in [5.41, 5.74) is 0. The third-order valence-corrected chi connectivity index (χ3v) is 6.86. The van der Waals surface area contributed by atoms with Gasteiger partial charge in [-0.15, -0.1) is 0 Å². The Labute approximate surface area is 223 Å². The van der Waals surface area contributed by atoms with E-state index in [1.165, 1.54) is 6.92 Å². The number of amides is 2. The number of carbonyl (C=O) groups is 2. The predicted octanol–water partition coefficient (Wildman–Crippen LogP) is -6.26. The van der Waals surface area contributed by atoms with Gasteiger partial charge in [0.2, 0.25) is 11.8 Å². The number of ether oxygens (including phenoxy) is 5. The van der Waals surface area contributed by atoms with Crippen LogP contribution >= 0.6 is 0 Å². The van der Waals surface area contributed by atoms with Crippen molar-refractivity contribution in [3.8, 4) is 0 Å². The van der Waals surface area contributed by atoms with Gasteiger partial charge in [-0.2, -0.15) is 0 Å². The van der Waals surface area contributed by atoms with Crippen molar-refractivity contribution >= 4 is 11.8 Å². The molecule has 0 radical (unpaired) electrons. The Hall–Kier alpha value is -1.58. The molecule has 15 atom stereocenters. The molecule has 3 saturated heterocycles. The highest BCUT2D eigenvalue weighted by Crippen LogP contribution is 2.32. The molecule has 2 amide bonds. The molecule has 3 aliphatic rings. The van der Waals surface area contributed by atoms with Crippen LogP contribution in [0.1, 0.15) is 20.8 Å². The van der Waals surface area contributed by atoms with Gasteiger partial charge in [-0.3, -0.25) is 9.59 Å². The molecule has 3 fully saturated rings. The van der Waals surface area contributed by atoms with Gasteiger partial charge < -0.3 is 75.2 Å². The van der Waals surface area contributed by atoms with Crippen LogP contribution in [0.4, 0.5) is 0 Å². The fourth-order valence-electron chi connectivity index (χ4n) is 4.79. The second-order valence-electron chi connectivity index (χ2n) is 9.79.